The molecule has 2 atom stereocenters. The van der Waals surface area contributed by atoms with Crippen molar-refractivity contribution in [3.8, 4) is 0 Å². The molecule has 2 unspecified atom stereocenters. The van der Waals surface area contributed by atoms with Crippen LogP contribution in [0.2, 0.25) is 0 Å². The average Bonchev–Trinajstić information content (AvgIpc) is 2.53. The van der Waals surface area contributed by atoms with Crippen LogP contribution in [-0.4, -0.2) is 37.6 Å². The van der Waals surface area contributed by atoms with Gasteiger partial charge in [0.1, 0.15) is 0 Å². The summed E-state index contributed by atoms with van der Waals surface area (Å²) in [4.78, 5) is 2.68. The molecule has 0 bridgehead atoms. The van der Waals surface area contributed by atoms with Crippen molar-refractivity contribution >= 4 is 0 Å². The maximum Gasteiger partial charge on any atom is 0.0191 e. The van der Waals surface area contributed by atoms with Crippen molar-refractivity contribution in [3.05, 3.63) is 0 Å². The van der Waals surface area contributed by atoms with Crippen LogP contribution in [0.4, 0.5) is 0 Å². The molecule has 1 N–H and O–H groups in total. The molecule has 1 aliphatic heterocycles. The molecule has 2 nitrogen and oxygen atoms in total. The number of likely N-dealkylation sites (tertiary alicyclic amines) is 1. The Labute approximate surface area is 115 Å². The second-order valence-electron chi connectivity index (χ2n) is 7.07. The molecular weight excluding hydrogens is 220 g/mol. The fourth-order valence-corrected chi connectivity index (χ4v) is 3.19. The van der Waals surface area contributed by atoms with Gasteiger partial charge in [-0.1, -0.05) is 34.1 Å². The summed E-state index contributed by atoms with van der Waals surface area (Å²) in [6.07, 6.45) is 6.76. The van der Waals surface area contributed by atoms with Gasteiger partial charge in [-0.15, -0.1) is 0 Å². The second kappa shape index (κ2) is 7.49. The molecule has 1 aliphatic rings. The Bertz CT molecular complexity index is 220. The van der Waals surface area contributed by atoms with Crippen molar-refractivity contribution in [2.45, 2.75) is 65.8 Å². The summed E-state index contributed by atoms with van der Waals surface area (Å²) in [5, 5.41) is 3.47. The lowest BCUT2D eigenvalue weighted by molar-refractivity contribution is 0.202. The summed E-state index contributed by atoms with van der Waals surface area (Å²) in [5.41, 5.74) is 0.488. The van der Waals surface area contributed by atoms with E-state index in [1.165, 1.54) is 51.7 Å². The van der Waals surface area contributed by atoms with E-state index in [2.05, 4.69) is 45.0 Å². The maximum atomic E-state index is 3.47. The van der Waals surface area contributed by atoms with Crippen LogP contribution < -0.4 is 5.32 Å². The zero-order valence-corrected chi connectivity index (χ0v) is 13.3. The van der Waals surface area contributed by atoms with Gasteiger partial charge in [-0.3, -0.25) is 0 Å². The highest BCUT2D eigenvalue weighted by Crippen LogP contribution is 2.34. The highest BCUT2D eigenvalue weighted by Gasteiger charge is 2.27. The van der Waals surface area contributed by atoms with Crippen LogP contribution >= 0.6 is 0 Å². The van der Waals surface area contributed by atoms with E-state index in [-0.39, 0.29) is 0 Å². The average molecular weight is 254 g/mol. The summed E-state index contributed by atoms with van der Waals surface area (Å²) in [6.45, 7) is 13.3. The molecule has 0 spiro atoms. The van der Waals surface area contributed by atoms with Crippen LogP contribution in [0.15, 0.2) is 0 Å². The van der Waals surface area contributed by atoms with Crippen molar-refractivity contribution in [2.75, 3.05) is 26.7 Å². The number of likely N-dealkylation sites (N-methyl/N-ethyl adjacent to an activating group) is 1. The summed E-state index contributed by atoms with van der Waals surface area (Å²) in [6, 6.07) is 0.682. The number of hydrogen-bond acceptors (Lipinski definition) is 2. The third kappa shape index (κ3) is 5.27. The molecule has 0 aromatic carbocycles. The van der Waals surface area contributed by atoms with Gasteiger partial charge in [0.25, 0.3) is 0 Å². The van der Waals surface area contributed by atoms with Gasteiger partial charge >= 0.3 is 0 Å². The minimum absolute atomic E-state index is 0.488. The SMILES string of the molecule is CCCC(CN1CCCC(C(C)(C)C)CC1)NC. The van der Waals surface area contributed by atoms with E-state index in [1.54, 1.807) is 0 Å². The number of hydrogen-bond donors (Lipinski definition) is 1. The normalized spacial score (nSPS) is 24.8. The van der Waals surface area contributed by atoms with Gasteiger partial charge in [0.05, 0.1) is 0 Å². The molecule has 1 saturated heterocycles. The Kier molecular flexibility index (Phi) is 6.65. The van der Waals surface area contributed by atoms with Crippen LogP contribution in [0.25, 0.3) is 0 Å². The quantitative estimate of drug-likeness (QED) is 0.807. The predicted octanol–water partition coefficient (Wildman–Crippen LogP) is 3.52. The number of rotatable bonds is 5. The van der Waals surface area contributed by atoms with Crippen molar-refractivity contribution < 1.29 is 0 Å². The van der Waals surface area contributed by atoms with Crippen LogP contribution in [0.3, 0.4) is 0 Å². The van der Waals surface area contributed by atoms with E-state index in [1.807, 2.05) is 0 Å². The maximum absolute atomic E-state index is 3.47. The molecule has 0 aromatic rings. The number of nitrogens with zero attached hydrogens (tertiary/aromatic N) is 1. The summed E-state index contributed by atoms with van der Waals surface area (Å²) in [7, 11) is 2.11. The minimum Gasteiger partial charge on any atom is -0.316 e. The molecule has 0 aromatic heterocycles. The van der Waals surface area contributed by atoms with Crippen LogP contribution in [0.1, 0.15) is 59.8 Å². The highest BCUT2D eigenvalue weighted by molar-refractivity contribution is 4.80. The van der Waals surface area contributed by atoms with Gasteiger partial charge < -0.3 is 10.2 Å². The smallest absolute Gasteiger partial charge is 0.0191 e. The Morgan fingerprint density at radius 2 is 1.94 bits per heavy atom. The molecule has 108 valence electrons. The first-order valence-electron chi connectivity index (χ1n) is 7.87. The van der Waals surface area contributed by atoms with Crippen molar-refractivity contribution in [2.24, 2.45) is 11.3 Å². The molecule has 1 fully saturated rings. The largest absolute Gasteiger partial charge is 0.316 e. The molecular formula is C16H34N2. The predicted molar refractivity (Wildman–Crippen MR) is 81.0 cm³/mol. The summed E-state index contributed by atoms with van der Waals surface area (Å²) in [5.74, 6) is 0.904. The summed E-state index contributed by atoms with van der Waals surface area (Å²) >= 11 is 0. The first kappa shape index (κ1) is 16.0. The highest BCUT2D eigenvalue weighted by atomic mass is 15.1. The Balaban J connectivity index is 2.41. The van der Waals surface area contributed by atoms with Gasteiger partial charge in [-0.2, -0.15) is 0 Å². The van der Waals surface area contributed by atoms with Crippen LogP contribution in [0, 0.1) is 11.3 Å². The molecule has 0 radical (unpaired) electrons. The molecule has 1 heterocycles. The molecule has 0 aliphatic carbocycles. The first-order chi connectivity index (χ1) is 8.47. The zero-order chi connectivity index (χ0) is 13.6. The van der Waals surface area contributed by atoms with E-state index < -0.39 is 0 Å². The molecule has 0 saturated carbocycles. The lowest BCUT2D eigenvalue weighted by Crippen LogP contribution is -2.40. The topological polar surface area (TPSA) is 15.3 Å². The first-order valence-corrected chi connectivity index (χ1v) is 7.87. The van der Waals surface area contributed by atoms with Gasteiger partial charge in [-0.25, -0.2) is 0 Å². The molecule has 0 amide bonds. The standard InChI is InChI=1S/C16H34N2/c1-6-8-15(17-5)13-18-11-7-9-14(10-12-18)16(2,3)4/h14-15,17H,6-13H2,1-5H3. The van der Waals surface area contributed by atoms with Gasteiger partial charge in [0.15, 0.2) is 0 Å². The molecule has 18 heavy (non-hydrogen) atoms. The fraction of sp³-hybridized carbons (Fsp3) is 1.00. The van der Waals surface area contributed by atoms with Crippen molar-refractivity contribution in [1.82, 2.24) is 10.2 Å². The van der Waals surface area contributed by atoms with Gasteiger partial charge in [-0.05, 0) is 57.2 Å². The number of nitrogens with one attached hydrogen (secondary N) is 1. The van der Waals surface area contributed by atoms with E-state index in [0.717, 1.165) is 5.92 Å². The van der Waals surface area contributed by atoms with Gasteiger partial charge in [0, 0.05) is 12.6 Å². The monoisotopic (exact) mass is 254 g/mol. The Morgan fingerprint density at radius 1 is 1.22 bits per heavy atom. The van der Waals surface area contributed by atoms with E-state index in [0.29, 0.717) is 11.5 Å². The van der Waals surface area contributed by atoms with Crippen LogP contribution in [0.5, 0.6) is 0 Å². The summed E-state index contributed by atoms with van der Waals surface area (Å²) < 4.78 is 0. The Hall–Kier alpha value is -0.0800. The Morgan fingerprint density at radius 3 is 2.50 bits per heavy atom. The van der Waals surface area contributed by atoms with E-state index >= 15 is 0 Å². The minimum atomic E-state index is 0.488. The lowest BCUT2D eigenvalue weighted by atomic mass is 9.77. The van der Waals surface area contributed by atoms with Gasteiger partial charge in [0.2, 0.25) is 0 Å². The van der Waals surface area contributed by atoms with Crippen molar-refractivity contribution in [1.29, 1.82) is 0 Å². The second-order valence-corrected chi connectivity index (χ2v) is 7.07. The van der Waals surface area contributed by atoms with E-state index in [9.17, 15) is 0 Å². The fourth-order valence-electron chi connectivity index (χ4n) is 3.19. The zero-order valence-electron chi connectivity index (χ0n) is 13.3. The molecule has 2 heteroatoms. The van der Waals surface area contributed by atoms with Crippen molar-refractivity contribution in [3.63, 3.8) is 0 Å². The lowest BCUT2D eigenvalue weighted by Gasteiger charge is -2.30. The van der Waals surface area contributed by atoms with E-state index in [4.69, 9.17) is 0 Å². The third-order valence-corrected chi connectivity index (χ3v) is 4.57. The molecule has 1 rings (SSSR count). The third-order valence-electron chi connectivity index (χ3n) is 4.57. The van der Waals surface area contributed by atoms with Crippen LogP contribution in [-0.2, 0) is 0 Å².